The van der Waals surface area contributed by atoms with Gasteiger partial charge in [0.2, 0.25) is 11.9 Å². The smallest absolute Gasteiger partial charge is 0.244 e. The Bertz CT molecular complexity index is 608. The number of hydrogen-bond acceptors (Lipinski definition) is 4. The second kappa shape index (κ2) is 6.21. The largest absolute Gasteiger partial charge is 0.341 e. The van der Waals surface area contributed by atoms with Crippen molar-refractivity contribution in [2.45, 2.75) is 26.8 Å². The van der Waals surface area contributed by atoms with Crippen molar-refractivity contribution in [1.82, 2.24) is 19.5 Å². The van der Waals surface area contributed by atoms with Crippen molar-refractivity contribution in [3.05, 3.63) is 22.8 Å². The first-order valence-corrected chi connectivity index (χ1v) is 7.41. The maximum absolute atomic E-state index is 12.2. The molecule has 2 aromatic rings. The van der Waals surface area contributed by atoms with Crippen molar-refractivity contribution in [2.75, 3.05) is 18.4 Å². The molecule has 0 saturated heterocycles. The fourth-order valence-electron chi connectivity index (χ4n) is 1.98. The van der Waals surface area contributed by atoms with E-state index in [-0.39, 0.29) is 11.9 Å². The minimum Gasteiger partial charge on any atom is -0.341 e. The number of rotatable bonds is 5. The molecule has 7 heteroatoms. The molecule has 6 nitrogen and oxygen atoms in total. The molecular formula is C13H18BrN5O. The summed E-state index contributed by atoms with van der Waals surface area (Å²) >= 11 is 3.38. The molecule has 2 heterocycles. The molecule has 0 spiro atoms. The van der Waals surface area contributed by atoms with Gasteiger partial charge in [-0.05, 0) is 48.8 Å². The molecule has 20 heavy (non-hydrogen) atoms. The first-order valence-electron chi connectivity index (χ1n) is 6.62. The Balaban J connectivity index is 2.13. The van der Waals surface area contributed by atoms with E-state index in [1.807, 2.05) is 39.1 Å². The first-order chi connectivity index (χ1) is 9.55. The lowest BCUT2D eigenvalue weighted by Crippen LogP contribution is -2.41. The average Bonchev–Trinajstić information content (AvgIpc) is 2.81. The van der Waals surface area contributed by atoms with Gasteiger partial charge in [0.1, 0.15) is 6.04 Å². The number of nitrogens with one attached hydrogen (secondary N) is 1. The minimum absolute atomic E-state index is 0.0510. The third-order valence-electron chi connectivity index (χ3n) is 3.09. The summed E-state index contributed by atoms with van der Waals surface area (Å²) in [6.07, 6.45) is 1.82. The van der Waals surface area contributed by atoms with Crippen LogP contribution in [0.2, 0.25) is 0 Å². The fourth-order valence-corrected chi connectivity index (χ4v) is 2.31. The number of halogens is 1. The number of amides is 1. The van der Waals surface area contributed by atoms with Crippen molar-refractivity contribution < 1.29 is 4.79 Å². The zero-order chi connectivity index (χ0) is 14.7. The molecule has 1 atom stereocenters. The van der Waals surface area contributed by atoms with Gasteiger partial charge in [0, 0.05) is 23.8 Å². The molecule has 0 aliphatic carbocycles. The van der Waals surface area contributed by atoms with Gasteiger partial charge in [0.15, 0.2) is 5.65 Å². The second-order valence-electron chi connectivity index (χ2n) is 4.46. The van der Waals surface area contributed by atoms with Crippen LogP contribution in [-0.4, -0.2) is 44.5 Å². The molecule has 0 fully saturated rings. The summed E-state index contributed by atoms with van der Waals surface area (Å²) in [5.74, 6) is 0.506. The van der Waals surface area contributed by atoms with Crippen molar-refractivity contribution in [3.8, 4) is 0 Å². The van der Waals surface area contributed by atoms with E-state index in [0.717, 1.165) is 10.1 Å². The van der Waals surface area contributed by atoms with Crippen LogP contribution in [0.4, 0.5) is 5.95 Å². The number of fused-ring (bicyclic) bond motifs is 1. The molecule has 0 radical (unpaired) electrons. The van der Waals surface area contributed by atoms with E-state index in [4.69, 9.17) is 0 Å². The summed E-state index contributed by atoms with van der Waals surface area (Å²) < 4.78 is 2.59. The Kier molecular flexibility index (Phi) is 4.59. The molecule has 0 saturated carbocycles. The first kappa shape index (κ1) is 14.8. The molecule has 1 N–H and O–H groups in total. The molecular weight excluding hydrogens is 322 g/mol. The van der Waals surface area contributed by atoms with E-state index in [9.17, 15) is 4.79 Å². The highest BCUT2D eigenvalue weighted by atomic mass is 79.9. The van der Waals surface area contributed by atoms with Crippen LogP contribution in [0.1, 0.15) is 20.8 Å². The van der Waals surface area contributed by atoms with E-state index in [2.05, 4.69) is 31.3 Å². The lowest BCUT2D eigenvalue weighted by molar-refractivity contribution is -0.131. The lowest BCUT2D eigenvalue weighted by atomic mass is 10.3. The Morgan fingerprint density at radius 1 is 1.45 bits per heavy atom. The minimum atomic E-state index is -0.351. The van der Waals surface area contributed by atoms with Gasteiger partial charge < -0.3 is 10.2 Å². The monoisotopic (exact) mass is 339 g/mol. The predicted molar refractivity (Wildman–Crippen MR) is 81.7 cm³/mol. The Labute approximate surface area is 126 Å². The van der Waals surface area contributed by atoms with Gasteiger partial charge in [-0.2, -0.15) is 4.98 Å². The number of carbonyl (C=O) groups is 1. The zero-order valence-corrected chi connectivity index (χ0v) is 13.4. The highest BCUT2D eigenvalue weighted by molar-refractivity contribution is 9.10. The summed E-state index contributed by atoms with van der Waals surface area (Å²) in [5.41, 5.74) is 0.734. The SMILES string of the molecule is CCN(CC)C(=O)C(C)Nc1nc2ccc(Br)cn2n1. The maximum atomic E-state index is 12.2. The van der Waals surface area contributed by atoms with Crippen LogP contribution in [0.3, 0.4) is 0 Å². The fraction of sp³-hybridized carbons (Fsp3) is 0.462. The quantitative estimate of drug-likeness (QED) is 0.906. The predicted octanol–water partition coefficient (Wildman–Crippen LogP) is 2.16. The number of likely N-dealkylation sites (N-methyl/N-ethyl adjacent to an activating group) is 1. The van der Waals surface area contributed by atoms with Crippen LogP contribution in [-0.2, 0) is 4.79 Å². The average molecular weight is 340 g/mol. The van der Waals surface area contributed by atoms with Gasteiger partial charge in [-0.3, -0.25) is 4.79 Å². The Morgan fingerprint density at radius 3 is 2.80 bits per heavy atom. The summed E-state index contributed by atoms with van der Waals surface area (Å²) in [6.45, 7) is 7.16. The van der Waals surface area contributed by atoms with Crippen LogP contribution in [0.25, 0.3) is 5.65 Å². The molecule has 0 aromatic carbocycles. The van der Waals surface area contributed by atoms with Crippen molar-refractivity contribution in [1.29, 1.82) is 0 Å². The van der Waals surface area contributed by atoms with E-state index in [1.165, 1.54) is 0 Å². The molecule has 2 rings (SSSR count). The molecule has 0 aliphatic heterocycles. The number of anilines is 1. The van der Waals surface area contributed by atoms with Crippen LogP contribution in [0, 0.1) is 0 Å². The third kappa shape index (κ3) is 3.09. The van der Waals surface area contributed by atoms with E-state index in [0.29, 0.717) is 19.0 Å². The van der Waals surface area contributed by atoms with Crippen LogP contribution < -0.4 is 5.32 Å². The number of aromatic nitrogens is 3. The summed E-state index contributed by atoms with van der Waals surface area (Å²) in [4.78, 5) is 18.3. The van der Waals surface area contributed by atoms with E-state index < -0.39 is 0 Å². The Morgan fingerprint density at radius 2 is 2.15 bits per heavy atom. The van der Waals surface area contributed by atoms with Gasteiger partial charge in [-0.15, -0.1) is 5.10 Å². The summed E-state index contributed by atoms with van der Waals surface area (Å²) in [6, 6.07) is 3.41. The second-order valence-corrected chi connectivity index (χ2v) is 5.38. The van der Waals surface area contributed by atoms with Crippen LogP contribution in [0.15, 0.2) is 22.8 Å². The maximum Gasteiger partial charge on any atom is 0.244 e. The molecule has 1 amide bonds. The topological polar surface area (TPSA) is 62.5 Å². The number of carbonyl (C=O) groups excluding carboxylic acids is 1. The molecule has 1 unspecified atom stereocenters. The highest BCUT2D eigenvalue weighted by Crippen LogP contribution is 2.12. The van der Waals surface area contributed by atoms with Crippen LogP contribution >= 0.6 is 15.9 Å². The van der Waals surface area contributed by atoms with Gasteiger partial charge in [-0.25, -0.2) is 4.52 Å². The van der Waals surface area contributed by atoms with E-state index in [1.54, 1.807) is 9.42 Å². The Hall–Kier alpha value is -1.63. The number of pyridine rings is 1. The number of hydrogen-bond donors (Lipinski definition) is 1. The van der Waals surface area contributed by atoms with Crippen LogP contribution in [0.5, 0.6) is 0 Å². The molecule has 0 aliphatic rings. The lowest BCUT2D eigenvalue weighted by Gasteiger charge is -2.22. The van der Waals surface area contributed by atoms with Crippen molar-refractivity contribution in [3.63, 3.8) is 0 Å². The van der Waals surface area contributed by atoms with Crippen molar-refractivity contribution in [2.24, 2.45) is 0 Å². The third-order valence-corrected chi connectivity index (χ3v) is 3.56. The van der Waals surface area contributed by atoms with Crippen molar-refractivity contribution >= 4 is 33.4 Å². The zero-order valence-electron chi connectivity index (χ0n) is 11.8. The molecule has 0 bridgehead atoms. The number of nitrogens with zero attached hydrogens (tertiary/aromatic N) is 4. The van der Waals surface area contributed by atoms with Gasteiger partial charge >= 0.3 is 0 Å². The van der Waals surface area contributed by atoms with Gasteiger partial charge in [0.25, 0.3) is 0 Å². The normalized spacial score (nSPS) is 12.4. The molecule has 2 aromatic heterocycles. The van der Waals surface area contributed by atoms with Gasteiger partial charge in [0.05, 0.1) is 0 Å². The summed E-state index contributed by atoms with van der Waals surface area (Å²) in [5, 5.41) is 7.35. The van der Waals surface area contributed by atoms with E-state index >= 15 is 0 Å². The highest BCUT2D eigenvalue weighted by Gasteiger charge is 2.19. The van der Waals surface area contributed by atoms with Gasteiger partial charge in [-0.1, -0.05) is 0 Å². The standard InChI is InChI=1S/C13H18BrN5O/c1-4-18(5-2)12(20)9(3)15-13-16-11-7-6-10(14)8-19(11)17-13/h6-9H,4-5H2,1-3H3,(H,15,17). The summed E-state index contributed by atoms with van der Waals surface area (Å²) in [7, 11) is 0. The molecule has 108 valence electrons.